The lowest BCUT2D eigenvalue weighted by Gasteiger charge is -2.32. The first-order chi connectivity index (χ1) is 13.1. The Bertz CT molecular complexity index is 585. The second-order valence-corrected chi connectivity index (χ2v) is 8.77. The monoisotopic (exact) mass is 374 g/mol. The molecule has 1 fully saturated rings. The summed E-state index contributed by atoms with van der Waals surface area (Å²) in [5.41, 5.74) is 2.78. The van der Waals surface area contributed by atoms with Crippen molar-refractivity contribution in [3.63, 3.8) is 0 Å². The van der Waals surface area contributed by atoms with Gasteiger partial charge in [0, 0.05) is 0 Å². The molecule has 2 aliphatic rings. The zero-order chi connectivity index (χ0) is 19.2. The molecule has 2 aliphatic carbocycles. The normalized spacial score (nSPS) is 27.9. The maximum absolute atomic E-state index is 10.7. The Hall–Kier alpha value is -1.06. The molecular formula is C24H38O3. The van der Waals surface area contributed by atoms with E-state index in [2.05, 4.69) is 32.0 Å². The zero-order valence-corrected chi connectivity index (χ0v) is 17.2. The molecular weight excluding hydrogens is 336 g/mol. The van der Waals surface area contributed by atoms with Crippen molar-refractivity contribution in [1.82, 2.24) is 0 Å². The highest BCUT2D eigenvalue weighted by Gasteiger charge is 2.44. The molecule has 0 aromatic heterocycles. The maximum atomic E-state index is 10.7. The molecule has 0 radical (unpaired) electrons. The van der Waals surface area contributed by atoms with E-state index in [1.165, 1.54) is 24.0 Å². The van der Waals surface area contributed by atoms with Crippen LogP contribution in [-0.2, 0) is 12.8 Å². The summed E-state index contributed by atoms with van der Waals surface area (Å²) >= 11 is 0. The van der Waals surface area contributed by atoms with Crippen LogP contribution in [0.15, 0.2) is 18.2 Å². The lowest BCUT2D eigenvalue weighted by molar-refractivity contribution is 0.0869. The van der Waals surface area contributed by atoms with Crippen molar-refractivity contribution < 1.29 is 14.9 Å². The summed E-state index contributed by atoms with van der Waals surface area (Å²) in [5, 5.41) is 21.0. The third-order valence-corrected chi connectivity index (χ3v) is 6.78. The van der Waals surface area contributed by atoms with Crippen molar-refractivity contribution in [3.05, 3.63) is 29.3 Å². The van der Waals surface area contributed by atoms with Crippen LogP contribution in [-0.4, -0.2) is 29.0 Å². The lowest BCUT2D eigenvalue weighted by Crippen LogP contribution is -2.28. The molecule has 3 nitrogen and oxygen atoms in total. The predicted molar refractivity (Wildman–Crippen MR) is 110 cm³/mol. The van der Waals surface area contributed by atoms with Gasteiger partial charge in [0.15, 0.2) is 0 Å². The molecule has 2 N–H and O–H groups in total. The van der Waals surface area contributed by atoms with Crippen molar-refractivity contribution in [1.29, 1.82) is 0 Å². The maximum Gasteiger partial charge on any atom is 0.122 e. The molecule has 152 valence electrons. The van der Waals surface area contributed by atoms with Crippen LogP contribution in [0.5, 0.6) is 5.75 Å². The van der Waals surface area contributed by atoms with E-state index >= 15 is 0 Å². The fraction of sp³-hybridized carbons (Fsp3) is 0.750. The summed E-state index contributed by atoms with van der Waals surface area (Å²) in [7, 11) is 0. The summed E-state index contributed by atoms with van der Waals surface area (Å²) in [4.78, 5) is 0. The fourth-order valence-electron chi connectivity index (χ4n) is 5.31. The van der Waals surface area contributed by atoms with Gasteiger partial charge in [0.1, 0.15) is 5.75 Å². The summed E-state index contributed by atoms with van der Waals surface area (Å²) in [6.45, 7) is 5.10. The van der Waals surface area contributed by atoms with E-state index in [0.717, 1.165) is 63.7 Å². The van der Waals surface area contributed by atoms with E-state index in [-0.39, 0.29) is 12.2 Å². The summed E-state index contributed by atoms with van der Waals surface area (Å²) < 4.78 is 5.99. The first-order valence-electron chi connectivity index (χ1n) is 11.2. The first kappa shape index (κ1) is 20.7. The third-order valence-electron chi connectivity index (χ3n) is 6.78. The standard InChI is InChI=1S/C24H38O3/c1-3-5-6-9-19(25)11-12-20-21-14-17-8-7-10-24(27-13-4-2)22(17)15-18(21)16-23(20)26/h7-8,10,18-21,23,25-26H,3-6,9,11-16H2,1-2H3/t18-,19-,20+,21-,23+/m0/s1. The molecule has 0 bridgehead atoms. The van der Waals surface area contributed by atoms with Gasteiger partial charge in [-0.1, -0.05) is 45.2 Å². The van der Waals surface area contributed by atoms with Crippen molar-refractivity contribution in [2.75, 3.05) is 6.61 Å². The average Bonchev–Trinajstić information content (AvgIpc) is 2.97. The van der Waals surface area contributed by atoms with Crippen LogP contribution < -0.4 is 4.74 Å². The fourth-order valence-corrected chi connectivity index (χ4v) is 5.31. The van der Waals surface area contributed by atoms with Crippen LogP contribution in [0.1, 0.15) is 76.3 Å². The van der Waals surface area contributed by atoms with Crippen LogP contribution in [0, 0.1) is 17.8 Å². The minimum absolute atomic E-state index is 0.201. The molecule has 1 aromatic rings. The Balaban J connectivity index is 1.61. The number of benzene rings is 1. The van der Waals surface area contributed by atoms with E-state index in [1.54, 1.807) is 0 Å². The number of ether oxygens (including phenoxy) is 1. The van der Waals surface area contributed by atoms with Crippen molar-refractivity contribution in [2.24, 2.45) is 17.8 Å². The molecule has 0 aliphatic heterocycles. The molecule has 1 saturated carbocycles. The van der Waals surface area contributed by atoms with Crippen LogP contribution in [0.4, 0.5) is 0 Å². The molecule has 27 heavy (non-hydrogen) atoms. The predicted octanol–water partition coefficient (Wildman–Crippen LogP) is 4.91. The third kappa shape index (κ3) is 5.06. The molecule has 1 aromatic carbocycles. The molecule has 0 heterocycles. The van der Waals surface area contributed by atoms with Crippen molar-refractivity contribution in [3.8, 4) is 5.75 Å². The highest BCUT2D eigenvalue weighted by molar-refractivity contribution is 5.43. The number of aliphatic hydroxyl groups excluding tert-OH is 2. The number of hydrogen-bond donors (Lipinski definition) is 2. The summed E-state index contributed by atoms with van der Waals surface area (Å²) in [6, 6.07) is 6.46. The van der Waals surface area contributed by atoms with Gasteiger partial charge in [0.25, 0.3) is 0 Å². The highest BCUT2D eigenvalue weighted by Crippen LogP contribution is 2.48. The minimum atomic E-state index is -0.211. The topological polar surface area (TPSA) is 49.7 Å². The largest absolute Gasteiger partial charge is 0.493 e. The van der Waals surface area contributed by atoms with E-state index < -0.39 is 0 Å². The molecule has 3 heteroatoms. The van der Waals surface area contributed by atoms with Gasteiger partial charge in [-0.05, 0) is 79.9 Å². The second kappa shape index (κ2) is 9.93. The van der Waals surface area contributed by atoms with Gasteiger partial charge in [-0.3, -0.25) is 0 Å². The van der Waals surface area contributed by atoms with Gasteiger partial charge in [-0.25, -0.2) is 0 Å². The molecule has 0 unspecified atom stereocenters. The van der Waals surface area contributed by atoms with Gasteiger partial charge in [0.05, 0.1) is 18.8 Å². The van der Waals surface area contributed by atoms with Gasteiger partial charge in [-0.15, -0.1) is 0 Å². The molecule has 0 saturated heterocycles. The van der Waals surface area contributed by atoms with E-state index in [4.69, 9.17) is 4.74 Å². The van der Waals surface area contributed by atoms with Gasteiger partial charge < -0.3 is 14.9 Å². The Morgan fingerprint density at radius 1 is 1.11 bits per heavy atom. The number of unbranched alkanes of at least 4 members (excludes halogenated alkanes) is 2. The van der Waals surface area contributed by atoms with Crippen molar-refractivity contribution >= 4 is 0 Å². The Kier molecular flexibility index (Phi) is 7.60. The van der Waals surface area contributed by atoms with Gasteiger partial charge >= 0.3 is 0 Å². The number of aliphatic hydroxyl groups is 2. The zero-order valence-electron chi connectivity index (χ0n) is 17.2. The summed E-state index contributed by atoms with van der Waals surface area (Å²) in [5.74, 6) is 2.50. The Morgan fingerprint density at radius 2 is 1.96 bits per heavy atom. The van der Waals surface area contributed by atoms with Crippen molar-refractivity contribution in [2.45, 2.75) is 90.3 Å². The van der Waals surface area contributed by atoms with E-state index in [1.807, 2.05) is 0 Å². The van der Waals surface area contributed by atoms with E-state index in [0.29, 0.717) is 17.8 Å². The number of hydrogen-bond acceptors (Lipinski definition) is 3. The number of rotatable bonds is 10. The van der Waals surface area contributed by atoms with Crippen LogP contribution >= 0.6 is 0 Å². The Labute approximate surface area is 165 Å². The number of fused-ring (bicyclic) bond motifs is 2. The van der Waals surface area contributed by atoms with Crippen LogP contribution in [0.3, 0.4) is 0 Å². The SMILES string of the molecule is CCCCC[C@H](O)CC[C@@H]1[C@H]2Cc3cccc(OCCC)c3C[C@H]2C[C@H]1O. The van der Waals surface area contributed by atoms with Gasteiger partial charge in [0.2, 0.25) is 0 Å². The highest BCUT2D eigenvalue weighted by atomic mass is 16.5. The Morgan fingerprint density at radius 3 is 2.74 bits per heavy atom. The lowest BCUT2D eigenvalue weighted by atomic mass is 9.73. The summed E-state index contributed by atoms with van der Waals surface area (Å²) in [6.07, 6.45) is 9.82. The quantitative estimate of drug-likeness (QED) is 0.572. The van der Waals surface area contributed by atoms with E-state index in [9.17, 15) is 10.2 Å². The second-order valence-electron chi connectivity index (χ2n) is 8.77. The average molecular weight is 375 g/mol. The first-order valence-corrected chi connectivity index (χ1v) is 11.2. The molecule has 5 atom stereocenters. The van der Waals surface area contributed by atoms with Crippen LogP contribution in [0.2, 0.25) is 0 Å². The molecule has 0 amide bonds. The van der Waals surface area contributed by atoms with Crippen LogP contribution in [0.25, 0.3) is 0 Å². The molecule has 0 spiro atoms. The molecule has 3 rings (SSSR count). The smallest absolute Gasteiger partial charge is 0.122 e. The van der Waals surface area contributed by atoms with Gasteiger partial charge in [-0.2, -0.15) is 0 Å². The minimum Gasteiger partial charge on any atom is -0.493 e.